The summed E-state index contributed by atoms with van der Waals surface area (Å²) in [5, 5.41) is 3.22. The van der Waals surface area contributed by atoms with Crippen LogP contribution >= 0.6 is 0 Å². The fourth-order valence-corrected chi connectivity index (χ4v) is 1.40. The molecule has 0 radical (unpaired) electrons. The van der Waals surface area contributed by atoms with E-state index in [1.807, 2.05) is 6.92 Å². The molecule has 0 aliphatic carbocycles. The highest BCUT2D eigenvalue weighted by atomic mass is 16.5. The summed E-state index contributed by atoms with van der Waals surface area (Å²) in [6.45, 7) is 2.65. The molecule has 0 saturated carbocycles. The van der Waals surface area contributed by atoms with E-state index in [0.717, 1.165) is 11.3 Å². The minimum Gasteiger partial charge on any atom is -0.383 e. The van der Waals surface area contributed by atoms with Gasteiger partial charge < -0.3 is 15.0 Å². The number of rotatable bonds is 4. The fraction of sp³-hybridized carbons (Fsp3) is 0.444. The van der Waals surface area contributed by atoms with Gasteiger partial charge in [-0.1, -0.05) is 0 Å². The molecule has 0 fully saturated rings. The van der Waals surface area contributed by atoms with Gasteiger partial charge in [0.25, 0.3) is 0 Å². The van der Waals surface area contributed by atoms with Gasteiger partial charge in [-0.2, -0.15) is 0 Å². The Labute approximate surface area is 87.1 Å². The maximum absolute atomic E-state index is 5.04. The molecule has 1 atom stereocenters. The highest BCUT2D eigenvalue weighted by molar-refractivity contribution is 5.81. The van der Waals surface area contributed by atoms with E-state index in [2.05, 4.69) is 25.3 Å². The number of anilines is 1. The van der Waals surface area contributed by atoms with Crippen LogP contribution in [0.4, 0.5) is 5.82 Å². The number of hydrogen-bond donors (Lipinski definition) is 2. The average molecular weight is 207 g/mol. The zero-order valence-corrected chi connectivity index (χ0v) is 8.69. The SMILES string of the molecule is COC[C@H](C)Nc1ncnc2nc[nH]c12. The minimum atomic E-state index is 0.191. The zero-order valence-electron chi connectivity index (χ0n) is 8.69. The van der Waals surface area contributed by atoms with Crippen LogP contribution in [0.25, 0.3) is 11.2 Å². The summed E-state index contributed by atoms with van der Waals surface area (Å²) >= 11 is 0. The smallest absolute Gasteiger partial charge is 0.182 e. The molecule has 0 aliphatic heterocycles. The second-order valence-electron chi connectivity index (χ2n) is 3.32. The average Bonchev–Trinajstić information content (AvgIpc) is 2.67. The lowest BCUT2D eigenvalue weighted by atomic mass is 10.3. The third-order valence-corrected chi connectivity index (χ3v) is 2.02. The van der Waals surface area contributed by atoms with Crippen LogP contribution in [0.2, 0.25) is 0 Å². The molecule has 6 heteroatoms. The molecule has 0 saturated heterocycles. The summed E-state index contributed by atoms with van der Waals surface area (Å²) in [5.41, 5.74) is 1.48. The number of nitrogens with zero attached hydrogens (tertiary/aromatic N) is 3. The number of hydrogen-bond acceptors (Lipinski definition) is 5. The van der Waals surface area contributed by atoms with E-state index in [9.17, 15) is 0 Å². The highest BCUT2D eigenvalue weighted by Crippen LogP contribution is 2.14. The standard InChI is InChI=1S/C9H13N5O/c1-6(3-15-2)14-9-7-8(11-4-10-7)12-5-13-9/h4-6H,3H2,1-2H3,(H2,10,11,12,13,14)/t6-/m0/s1. The van der Waals surface area contributed by atoms with Crippen molar-refractivity contribution >= 4 is 17.0 Å². The van der Waals surface area contributed by atoms with Crippen LogP contribution in [-0.4, -0.2) is 39.7 Å². The van der Waals surface area contributed by atoms with Gasteiger partial charge in [-0.3, -0.25) is 0 Å². The number of nitrogens with one attached hydrogen (secondary N) is 2. The first-order valence-corrected chi connectivity index (χ1v) is 4.71. The van der Waals surface area contributed by atoms with E-state index >= 15 is 0 Å². The van der Waals surface area contributed by atoms with E-state index < -0.39 is 0 Å². The summed E-state index contributed by atoms with van der Waals surface area (Å²) in [6.07, 6.45) is 3.09. The van der Waals surface area contributed by atoms with E-state index in [4.69, 9.17) is 4.74 Å². The van der Waals surface area contributed by atoms with Crippen LogP contribution in [0.3, 0.4) is 0 Å². The van der Waals surface area contributed by atoms with Crippen LogP contribution in [0.15, 0.2) is 12.7 Å². The summed E-state index contributed by atoms with van der Waals surface area (Å²) in [6, 6.07) is 0.191. The number of methoxy groups -OCH3 is 1. The quantitative estimate of drug-likeness (QED) is 0.775. The number of fused-ring (bicyclic) bond motifs is 1. The van der Waals surface area contributed by atoms with Crippen LogP contribution in [0, 0.1) is 0 Å². The molecule has 6 nitrogen and oxygen atoms in total. The van der Waals surface area contributed by atoms with Gasteiger partial charge in [-0.15, -0.1) is 0 Å². The number of ether oxygens (including phenoxy) is 1. The van der Waals surface area contributed by atoms with Crippen molar-refractivity contribution in [2.24, 2.45) is 0 Å². The van der Waals surface area contributed by atoms with Gasteiger partial charge >= 0.3 is 0 Å². The minimum absolute atomic E-state index is 0.191. The number of H-pyrrole nitrogens is 1. The molecule has 0 unspecified atom stereocenters. The molecule has 2 aromatic heterocycles. The largest absolute Gasteiger partial charge is 0.383 e. The predicted octanol–water partition coefficient (Wildman–Crippen LogP) is 0.800. The molecule has 2 rings (SSSR count). The van der Waals surface area contributed by atoms with Crippen molar-refractivity contribution in [2.45, 2.75) is 13.0 Å². The molecule has 2 N–H and O–H groups in total. The van der Waals surface area contributed by atoms with Gasteiger partial charge in [0.2, 0.25) is 0 Å². The van der Waals surface area contributed by atoms with Crippen LogP contribution in [0.5, 0.6) is 0 Å². The molecule has 0 amide bonds. The van der Waals surface area contributed by atoms with Crippen molar-refractivity contribution in [2.75, 3.05) is 19.0 Å². The molecule has 0 aliphatic rings. The van der Waals surface area contributed by atoms with Crippen LogP contribution in [0.1, 0.15) is 6.92 Å². The molecule has 2 heterocycles. The summed E-state index contributed by atoms with van der Waals surface area (Å²) in [7, 11) is 1.67. The second kappa shape index (κ2) is 4.22. The van der Waals surface area contributed by atoms with E-state index in [1.165, 1.54) is 6.33 Å². The zero-order chi connectivity index (χ0) is 10.7. The molecule has 0 bridgehead atoms. The maximum Gasteiger partial charge on any atom is 0.182 e. The highest BCUT2D eigenvalue weighted by Gasteiger charge is 2.08. The number of imidazole rings is 1. The topological polar surface area (TPSA) is 75.7 Å². The molecule has 80 valence electrons. The Hall–Kier alpha value is -1.69. The van der Waals surface area contributed by atoms with Crippen molar-refractivity contribution in [3.05, 3.63) is 12.7 Å². The van der Waals surface area contributed by atoms with E-state index in [-0.39, 0.29) is 6.04 Å². The van der Waals surface area contributed by atoms with Crippen molar-refractivity contribution in [1.29, 1.82) is 0 Å². The Morgan fingerprint density at radius 1 is 1.47 bits per heavy atom. The van der Waals surface area contributed by atoms with Crippen LogP contribution in [-0.2, 0) is 4.74 Å². The van der Waals surface area contributed by atoms with Gasteiger partial charge in [0.1, 0.15) is 11.8 Å². The van der Waals surface area contributed by atoms with Gasteiger partial charge in [0, 0.05) is 13.2 Å². The lowest BCUT2D eigenvalue weighted by Crippen LogP contribution is -2.21. The first-order valence-electron chi connectivity index (χ1n) is 4.71. The third-order valence-electron chi connectivity index (χ3n) is 2.02. The van der Waals surface area contributed by atoms with E-state index in [0.29, 0.717) is 12.3 Å². The third kappa shape index (κ3) is 2.04. The normalized spacial score (nSPS) is 12.9. The molecule has 2 aromatic rings. The van der Waals surface area contributed by atoms with E-state index in [1.54, 1.807) is 13.4 Å². The van der Waals surface area contributed by atoms with Crippen molar-refractivity contribution in [1.82, 2.24) is 19.9 Å². The first kappa shape index (κ1) is 9.85. The monoisotopic (exact) mass is 207 g/mol. The second-order valence-corrected chi connectivity index (χ2v) is 3.32. The van der Waals surface area contributed by atoms with Gasteiger partial charge in [0.05, 0.1) is 12.9 Å². The van der Waals surface area contributed by atoms with Gasteiger partial charge in [-0.05, 0) is 6.92 Å². The maximum atomic E-state index is 5.04. The lowest BCUT2D eigenvalue weighted by Gasteiger charge is -2.13. The Morgan fingerprint density at radius 2 is 2.33 bits per heavy atom. The van der Waals surface area contributed by atoms with Crippen molar-refractivity contribution in [3.63, 3.8) is 0 Å². The fourth-order valence-electron chi connectivity index (χ4n) is 1.40. The van der Waals surface area contributed by atoms with Gasteiger partial charge in [-0.25, -0.2) is 15.0 Å². The number of aromatic nitrogens is 4. The first-order chi connectivity index (χ1) is 7.31. The Bertz CT molecular complexity index is 441. The number of aromatic amines is 1. The molecular formula is C9H13N5O. The van der Waals surface area contributed by atoms with Crippen molar-refractivity contribution in [3.8, 4) is 0 Å². The molecule has 15 heavy (non-hydrogen) atoms. The van der Waals surface area contributed by atoms with Crippen LogP contribution < -0.4 is 5.32 Å². The molecule has 0 aromatic carbocycles. The molecule has 0 spiro atoms. The summed E-state index contributed by atoms with van der Waals surface area (Å²) in [4.78, 5) is 15.2. The summed E-state index contributed by atoms with van der Waals surface area (Å²) < 4.78 is 5.04. The Balaban J connectivity index is 2.23. The van der Waals surface area contributed by atoms with Gasteiger partial charge in [0.15, 0.2) is 11.5 Å². The predicted molar refractivity (Wildman–Crippen MR) is 56.6 cm³/mol. The Kier molecular flexibility index (Phi) is 2.77. The summed E-state index contributed by atoms with van der Waals surface area (Å²) in [5.74, 6) is 0.752. The Morgan fingerprint density at radius 3 is 3.13 bits per heavy atom. The van der Waals surface area contributed by atoms with Crippen molar-refractivity contribution < 1.29 is 4.74 Å². The molecular weight excluding hydrogens is 194 g/mol. The lowest BCUT2D eigenvalue weighted by molar-refractivity contribution is 0.190.